The molecule has 0 unspecified atom stereocenters. The van der Waals surface area contributed by atoms with E-state index in [4.69, 9.17) is 30.8 Å². The lowest BCUT2D eigenvalue weighted by atomic mass is 10.2. The Kier molecular flexibility index (Phi) is 4.69. The molecule has 0 saturated heterocycles. The minimum absolute atomic E-state index is 0.0464. The predicted octanol–water partition coefficient (Wildman–Crippen LogP) is 4.48. The number of aromatic nitrogens is 1. The van der Waals surface area contributed by atoms with Crippen molar-refractivity contribution >= 4 is 33.8 Å². The number of nitrogens with zero attached hydrogens (tertiary/aromatic N) is 2. The Morgan fingerprint density at radius 1 is 1.29 bits per heavy atom. The lowest BCUT2D eigenvalue weighted by Gasteiger charge is -2.08. The Balaban J connectivity index is 1.90. The second-order valence-corrected chi connectivity index (χ2v) is 5.24. The number of nitriles is 1. The molecule has 0 amide bonds. The normalized spacial score (nSPS) is 11.3. The van der Waals surface area contributed by atoms with Gasteiger partial charge in [-0.25, -0.2) is 4.98 Å². The monoisotopic (exact) mass is 340 g/mol. The molecule has 0 N–H and O–H groups in total. The van der Waals surface area contributed by atoms with E-state index in [1.165, 1.54) is 7.11 Å². The van der Waals surface area contributed by atoms with Gasteiger partial charge in [0.05, 0.1) is 7.11 Å². The molecule has 3 aromatic rings. The van der Waals surface area contributed by atoms with Crippen molar-refractivity contribution in [1.82, 2.24) is 4.98 Å². The molecule has 0 atom stereocenters. The molecule has 2 aromatic carbocycles. The maximum absolute atomic E-state index is 8.59. The summed E-state index contributed by atoms with van der Waals surface area (Å²) in [5.74, 6) is 1.36. The van der Waals surface area contributed by atoms with Crippen LogP contribution in [0.4, 0.5) is 0 Å². The van der Waals surface area contributed by atoms with Gasteiger partial charge < -0.3 is 13.9 Å². The average Bonchev–Trinajstić information content (AvgIpc) is 3.04. The number of halogens is 1. The topological polar surface area (TPSA) is 68.3 Å². The van der Waals surface area contributed by atoms with Gasteiger partial charge in [-0.05, 0) is 35.9 Å². The van der Waals surface area contributed by atoms with Crippen molar-refractivity contribution in [1.29, 1.82) is 5.26 Å². The highest BCUT2D eigenvalue weighted by Crippen LogP contribution is 2.31. The number of para-hydroxylation sites is 2. The van der Waals surface area contributed by atoms with Crippen LogP contribution in [-0.4, -0.2) is 18.7 Å². The second-order valence-electron chi connectivity index (χ2n) is 4.84. The SMILES string of the molecule is COc1cc(/C=C(\Cl)c2nc3ccccc3o2)ccc1OCC#N. The molecule has 0 aliphatic rings. The van der Waals surface area contributed by atoms with E-state index in [2.05, 4.69) is 4.98 Å². The molecule has 0 fully saturated rings. The third-order valence-electron chi connectivity index (χ3n) is 3.27. The fraction of sp³-hybridized carbons (Fsp3) is 0.111. The summed E-state index contributed by atoms with van der Waals surface area (Å²) < 4.78 is 16.2. The maximum atomic E-state index is 8.59. The van der Waals surface area contributed by atoms with Crippen LogP contribution in [0.5, 0.6) is 11.5 Å². The average molecular weight is 341 g/mol. The van der Waals surface area contributed by atoms with Gasteiger partial charge in [0.25, 0.3) is 0 Å². The quantitative estimate of drug-likeness (QED) is 0.685. The number of ether oxygens (including phenoxy) is 2. The van der Waals surface area contributed by atoms with Crippen LogP contribution in [0.3, 0.4) is 0 Å². The van der Waals surface area contributed by atoms with E-state index in [0.29, 0.717) is 28.0 Å². The fourth-order valence-electron chi connectivity index (χ4n) is 2.19. The molecule has 6 heteroatoms. The molecule has 0 aliphatic carbocycles. The van der Waals surface area contributed by atoms with E-state index in [0.717, 1.165) is 11.1 Å². The number of benzene rings is 2. The van der Waals surface area contributed by atoms with Gasteiger partial charge in [-0.15, -0.1) is 0 Å². The van der Waals surface area contributed by atoms with E-state index >= 15 is 0 Å². The molecule has 0 saturated carbocycles. The summed E-state index contributed by atoms with van der Waals surface area (Å²) in [7, 11) is 1.53. The Labute approximate surface area is 143 Å². The number of hydrogen-bond acceptors (Lipinski definition) is 5. The van der Waals surface area contributed by atoms with Gasteiger partial charge in [-0.3, -0.25) is 0 Å². The smallest absolute Gasteiger partial charge is 0.238 e. The predicted molar refractivity (Wildman–Crippen MR) is 91.8 cm³/mol. The number of fused-ring (bicyclic) bond motifs is 1. The summed E-state index contributed by atoms with van der Waals surface area (Å²) in [5, 5.41) is 8.96. The summed E-state index contributed by atoms with van der Waals surface area (Å²) in [6.45, 7) is -0.0464. The zero-order valence-electron chi connectivity index (χ0n) is 12.8. The van der Waals surface area contributed by atoms with Crippen molar-refractivity contribution in [2.45, 2.75) is 0 Å². The standard InChI is InChI=1S/C18H13ClN2O3/c1-22-17-11-12(6-7-16(17)23-9-8-20)10-13(19)18-21-14-4-2-3-5-15(14)24-18/h2-7,10-11H,9H2,1H3/b13-10-. The molecule has 0 bridgehead atoms. The van der Waals surface area contributed by atoms with Crippen LogP contribution in [0, 0.1) is 11.3 Å². The Morgan fingerprint density at radius 2 is 2.12 bits per heavy atom. The summed E-state index contributed by atoms with van der Waals surface area (Å²) in [5.41, 5.74) is 2.22. The number of hydrogen-bond donors (Lipinski definition) is 0. The van der Waals surface area contributed by atoms with Gasteiger partial charge in [0.2, 0.25) is 5.89 Å². The zero-order valence-corrected chi connectivity index (χ0v) is 13.6. The lowest BCUT2D eigenvalue weighted by Crippen LogP contribution is -1.96. The second kappa shape index (κ2) is 7.07. The fourth-order valence-corrected chi connectivity index (χ4v) is 2.39. The minimum atomic E-state index is -0.0464. The highest BCUT2D eigenvalue weighted by atomic mass is 35.5. The summed E-state index contributed by atoms with van der Waals surface area (Å²) >= 11 is 6.32. The van der Waals surface area contributed by atoms with Crippen molar-refractivity contribution < 1.29 is 13.9 Å². The van der Waals surface area contributed by atoms with Crippen LogP contribution in [0.1, 0.15) is 11.5 Å². The van der Waals surface area contributed by atoms with Crippen molar-refractivity contribution in [2.24, 2.45) is 0 Å². The van der Waals surface area contributed by atoms with Crippen molar-refractivity contribution in [2.75, 3.05) is 13.7 Å². The first kappa shape index (κ1) is 15.9. The van der Waals surface area contributed by atoms with Crippen LogP contribution >= 0.6 is 11.6 Å². The van der Waals surface area contributed by atoms with E-state index < -0.39 is 0 Å². The van der Waals surface area contributed by atoms with E-state index in [9.17, 15) is 0 Å². The maximum Gasteiger partial charge on any atom is 0.238 e. The van der Waals surface area contributed by atoms with E-state index in [1.807, 2.05) is 30.3 Å². The molecule has 0 aliphatic heterocycles. The summed E-state index contributed by atoms with van der Waals surface area (Å²) in [4.78, 5) is 4.35. The molecule has 0 spiro atoms. The summed E-state index contributed by atoms with van der Waals surface area (Å²) in [6.07, 6.45) is 1.73. The van der Waals surface area contributed by atoms with E-state index in [1.54, 1.807) is 24.3 Å². The highest BCUT2D eigenvalue weighted by molar-refractivity contribution is 6.50. The van der Waals surface area contributed by atoms with Crippen molar-refractivity contribution in [3.8, 4) is 17.6 Å². The van der Waals surface area contributed by atoms with Gasteiger partial charge in [0.1, 0.15) is 16.6 Å². The molecular formula is C18H13ClN2O3. The zero-order chi connectivity index (χ0) is 16.9. The van der Waals surface area contributed by atoms with Crippen molar-refractivity contribution in [3.05, 3.63) is 53.9 Å². The highest BCUT2D eigenvalue weighted by Gasteiger charge is 2.10. The van der Waals surface area contributed by atoms with Crippen LogP contribution in [0.25, 0.3) is 22.2 Å². The molecule has 1 aromatic heterocycles. The first-order chi connectivity index (χ1) is 11.7. The Hall–Kier alpha value is -2.97. The number of rotatable bonds is 5. The summed E-state index contributed by atoms with van der Waals surface area (Å²) in [6, 6.07) is 14.7. The molecule has 1 heterocycles. The Morgan fingerprint density at radius 3 is 2.88 bits per heavy atom. The minimum Gasteiger partial charge on any atom is -0.493 e. The number of methoxy groups -OCH3 is 1. The third kappa shape index (κ3) is 3.34. The van der Waals surface area contributed by atoms with Crippen LogP contribution in [-0.2, 0) is 0 Å². The molecule has 0 radical (unpaired) electrons. The molecule has 3 rings (SSSR count). The Bertz CT molecular complexity index is 908. The van der Waals surface area contributed by atoms with Gasteiger partial charge in [-0.2, -0.15) is 5.26 Å². The van der Waals surface area contributed by atoms with Crippen LogP contribution in [0.2, 0.25) is 0 Å². The number of oxazole rings is 1. The van der Waals surface area contributed by atoms with Crippen LogP contribution < -0.4 is 9.47 Å². The molecule has 120 valence electrons. The molecule has 5 nitrogen and oxygen atoms in total. The van der Waals surface area contributed by atoms with Crippen LogP contribution in [0.15, 0.2) is 46.9 Å². The van der Waals surface area contributed by atoms with Gasteiger partial charge in [-0.1, -0.05) is 29.8 Å². The molecular weight excluding hydrogens is 328 g/mol. The van der Waals surface area contributed by atoms with Gasteiger partial charge in [0, 0.05) is 0 Å². The van der Waals surface area contributed by atoms with Crippen molar-refractivity contribution in [3.63, 3.8) is 0 Å². The van der Waals surface area contributed by atoms with Gasteiger partial charge in [0.15, 0.2) is 23.7 Å². The lowest BCUT2D eigenvalue weighted by molar-refractivity contribution is 0.329. The third-order valence-corrected chi connectivity index (χ3v) is 3.54. The molecule has 24 heavy (non-hydrogen) atoms. The largest absolute Gasteiger partial charge is 0.493 e. The van der Waals surface area contributed by atoms with Gasteiger partial charge >= 0.3 is 0 Å². The first-order valence-electron chi connectivity index (χ1n) is 7.12. The van der Waals surface area contributed by atoms with E-state index in [-0.39, 0.29) is 6.61 Å². The first-order valence-corrected chi connectivity index (χ1v) is 7.50.